The molecule has 3 heterocycles. The third-order valence-corrected chi connectivity index (χ3v) is 9.51. The van der Waals surface area contributed by atoms with Gasteiger partial charge in [0.15, 0.2) is 5.13 Å². The number of unbranched alkanes of at least 4 members (excludes halogenated alkanes) is 12. The van der Waals surface area contributed by atoms with Crippen LogP contribution in [0.4, 0.5) is 5.13 Å². The normalized spacial score (nSPS) is 19.8. The van der Waals surface area contributed by atoms with Gasteiger partial charge < -0.3 is 15.7 Å². The van der Waals surface area contributed by atoms with Gasteiger partial charge in [-0.2, -0.15) is 0 Å². The number of oxime groups is 1. The fourth-order valence-corrected chi connectivity index (χ4v) is 7.19. The Balaban J connectivity index is 1.31. The van der Waals surface area contributed by atoms with Crippen molar-refractivity contribution >= 4 is 46.3 Å². The Hall–Kier alpha value is -2.11. The van der Waals surface area contributed by atoms with Gasteiger partial charge in [-0.05, 0) is 31.8 Å². The van der Waals surface area contributed by atoms with E-state index in [-0.39, 0.29) is 23.0 Å². The molecule has 0 spiro atoms. The lowest BCUT2D eigenvalue weighted by Crippen LogP contribution is -2.70. The number of carboxylic acids is 1. The van der Waals surface area contributed by atoms with Gasteiger partial charge in [-0.15, -0.1) is 23.1 Å². The van der Waals surface area contributed by atoms with Gasteiger partial charge in [-0.3, -0.25) is 15.0 Å². The fraction of sp³-hybridized carbons (Fsp3) is 0.714. The number of anilines is 1. The average molecular weight is 580 g/mol. The average Bonchev–Trinajstić information content (AvgIpc) is 3.35. The Morgan fingerprint density at radius 2 is 1.79 bits per heavy atom. The van der Waals surface area contributed by atoms with Crippen LogP contribution in [0.15, 0.2) is 21.8 Å². The molecule has 11 heteroatoms. The number of nitrogens with zero attached hydrogens (tertiary/aromatic N) is 3. The predicted octanol–water partition coefficient (Wildman–Crippen LogP) is 6.09. The Kier molecular flexibility index (Phi) is 13.6. The number of nitrogens with two attached hydrogens (primary N) is 1. The van der Waals surface area contributed by atoms with Crippen molar-refractivity contribution in [2.75, 3.05) is 18.6 Å². The first-order valence-corrected chi connectivity index (χ1v) is 16.3. The van der Waals surface area contributed by atoms with E-state index in [1.807, 2.05) is 11.6 Å². The number of aromatic nitrogens is 1. The zero-order chi connectivity index (χ0) is 28.0. The number of hydrogen-bond donors (Lipinski definition) is 3. The minimum atomic E-state index is -1.03. The maximum atomic E-state index is 13.0. The second kappa shape index (κ2) is 16.9. The highest BCUT2D eigenvalue weighted by atomic mass is 32.2. The number of thiazole rings is 1. The molecule has 1 fully saturated rings. The van der Waals surface area contributed by atoms with Crippen LogP contribution in [0.1, 0.15) is 109 Å². The van der Waals surface area contributed by atoms with Crippen LogP contribution in [0.25, 0.3) is 0 Å². The number of fused-ring (bicyclic) bond motifs is 1. The highest BCUT2D eigenvalue weighted by Crippen LogP contribution is 2.41. The quantitative estimate of drug-likeness (QED) is 0.0732. The van der Waals surface area contributed by atoms with Crippen LogP contribution < -0.4 is 11.1 Å². The smallest absolute Gasteiger partial charge is 0.352 e. The summed E-state index contributed by atoms with van der Waals surface area (Å²) in [5.74, 6) is -0.587. The lowest BCUT2D eigenvalue weighted by Gasteiger charge is -2.50. The topological polar surface area (TPSA) is 130 Å². The van der Waals surface area contributed by atoms with E-state index < -0.39 is 12.0 Å². The molecule has 2 unspecified atom stereocenters. The standard InChI is InChI=1S/C28H45N5O4S2/c1-20-18-38-26-23(25(34)33(26)24(20)27(35)36)31-21(22-19-39-28(29)32-22)16-14-12-10-8-6-4-3-5-7-9-11-13-15-17-30-37-2/h17,19,21,23,26,31H,3-16,18H2,1-2H3,(H2,29,32)(H,35,36)/t21?,23?,26-/m0/s1. The molecule has 0 bridgehead atoms. The highest BCUT2D eigenvalue weighted by molar-refractivity contribution is 8.00. The number of hydrogen-bond acceptors (Lipinski definition) is 9. The van der Waals surface area contributed by atoms with Gasteiger partial charge in [0.05, 0.1) is 11.7 Å². The number of carboxylic acid groups (broad SMARTS) is 1. The van der Waals surface area contributed by atoms with E-state index in [1.165, 1.54) is 80.4 Å². The summed E-state index contributed by atoms with van der Waals surface area (Å²) in [6.45, 7) is 1.78. The number of β-lactam (4-membered cyclic amide) rings is 1. The monoisotopic (exact) mass is 579 g/mol. The van der Waals surface area contributed by atoms with Crippen molar-refractivity contribution < 1.29 is 19.5 Å². The number of nitrogens with one attached hydrogen (secondary N) is 1. The van der Waals surface area contributed by atoms with Gasteiger partial charge in [0, 0.05) is 17.3 Å². The summed E-state index contributed by atoms with van der Waals surface area (Å²) in [7, 11) is 1.58. The van der Waals surface area contributed by atoms with E-state index in [1.54, 1.807) is 25.8 Å². The largest absolute Gasteiger partial charge is 0.477 e. The molecular weight excluding hydrogens is 534 g/mol. The van der Waals surface area contributed by atoms with Gasteiger partial charge in [0.25, 0.3) is 0 Å². The van der Waals surface area contributed by atoms with Crippen LogP contribution in [0.5, 0.6) is 0 Å². The van der Waals surface area contributed by atoms with Crippen LogP contribution in [0.2, 0.25) is 0 Å². The summed E-state index contributed by atoms with van der Waals surface area (Å²) >= 11 is 3.03. The molecule has 4 N–H and O–H groups in total. The Morgan fingerprint density at radius 3 is 2.36 bits per heavy atom. The van der Waals surface area contributed by atoms with E-state index in [0.717, 1.165) is 37.0 Å². The Morgan fingerprint density at radius 1 is 1.18 bits per heavy atom. The summed E-state index contributed by atoms with van der Waals surface area (Å²) in [5, 5.41) is 19.2. The summed E-state index contributed by atoms with van der Waals surface area (Å²) in [4.78, 5) is 35.3. The second-order valence-corrected chi connectivity index (χ2v) is 12.4. The minimum absolute atomic E-state index is 0.0669. The molecule has 0 aliphatic carbocycles. The van der Waals surface area contributed by atoms with E-state index in [4.69, 9.17) is 5.73 Å². The molecular formula is C28H45N5O4S2. The third kappa shape index (κ3) is 9.49. The van der Waals surface area contributed by atoms with E-state index in [0.29, 0.717) is 10.9 Å². The van der Waals surface area contributed by atoms with Crippen LogP contribution in [-0.4, -0.2) is 57.4 Å². The Labute approximate surface area is 241 Å². The molecule has 1 aromatic rings. The zero-order valence-corrected chi connectivity index (χ0v) is 25.0. The number of carbonyl (C=O) groups excluding carboxylic acids is 1. The maximum absolute atomic E-state index is 13.0. The first kappa shape index (κ1) is 31.4. The van der Waals surface area contributed by atoms with Crippen molar-refractivity contribution in [2.45, 2.75) is 114 Å². The molecule has 2 aliphatic rings. The molecule has 218 valence electrons. The van der Waals surface area contributed by atoms with E-state index >= 15 is 0 Å². The number of rotatable bonds is 20. The van der Waals surface area contributed by atoms with Crippen LogP contribution >= 0.6 is 23.1 Å². The van der Waals surface area contributed by atoms with Gasteiger partial charge in [-0.1, -0.05) is 75.8 Å². The summed E-state index contributed by atoms with van der Waals surface area (Å²) in [5.41, 5.74) is 7.65. The Bertz CT molecular complexity index is 983. The molecule has 0 saturated carbocycles. The van der Waals surface area contributed by atoms with E-state index in [9.17, 15) is 14.7 Å². The van der Waals surface area contributed by atoms with Crippen LogP contribution in [0.3, 0.4) is 0 Å². The van der Waals surface area contributed by atoms with Crippen molar-refractivity contribution in [2.24, 2.45) is 5.16 Å². The molecule has 1 aromatic heterocycles. The van der Waals surface area contributed by atoms with Gasteiger partial charge in [0.2, 0.25) is 5.91 Å². The first-order chi connectivity index (χ1) is 18.9. The number of amides is 1. The molecule has 3 atom stereocenters. The number of nitrogen functional groups attached to an aromatic ring is 1. The van der Waals surface area contributed by atoms with Crippen molar-refractivity contribution in [1.82, 2.24) is 15.2 Å². The summed E-state index contributed by atoms with van der Waals surface area (Å²) < 4.78 is 0. The molecule has 39 heavy (non-hydrogen) atoms. The highest BCUT2D eigenvalue weighted by Gasteiger charge is 2.53. The predicted molar refractivity (Wildman–Crippen MR) is 160 cm³/mol. The minimum Gasteiger partial charge on any atom is -0.477 e. The van der Waals surface area contributed by atoms with Crippen LogP contribution in [0, 0.1) is 0 Å². The summed E-state index contributed by atoms with van der Waals surface area (Å²) in [6, 6.07) is -0.474. The lowest BCUT2D eigenvalue weighted by atomic mass is 9.98. The molecule has 0 aromatic carbocycles. The fourth-order valence-electron chi connectivity index (χ4n) is 5.27. The van der Waals surface area contributed by atoms with Crippen molar-refractivity contribution in [3.63, 3.8) is 0 Å². The lowest BCUT2D eigenvalue weighted by molar-refractivity contribution is -0.149. The summed E-state index contributed by atoms with van der Waals surface area (Å²) in [6.07, 6.45) is 18.8. The number of thioether (sulfide) groups is 1. The molecule has 0 radical (unpaired) electrons. The molecule has 9 nitrogen and oxygen atoms in total. The zero-order valence-electron chi connectivity index (χ0n) is 23.4. The van der Waals surface area contributed by atoms with Gasteiger partial charge in [0.1, 0.15) is 24.2 Å². The van der Waals surface area contributed by atoms with Gasteiger partial charge in [-0.25, -0.2) is 9.78 Å². The van der Waals surface area contributed by atoms with Crippen molar-refractivity contribution in [1.29, 1.82) is 0 Å². The SMILES string of the molecule is CON=CCCCCCCCCCCCCCCC(NC1C(=O)N2C(C(=O)O)=C(C)CS[C@@H]12)c1csc(N)n1. The molecule has 3 rings (SSSR count). The first-order valence-electron chi connectivity index (χ1n) is 14.3. The van der Waals surface area contributed by atoms with Crippen molar-refractivity contribution in [3.05, 3.63) is 22.3 Å². The van der Waals surface area contributed by atoms with Gasteiger partial charge >= 0.3 is 5.97 Å². The molecule has 1 amide bonds. The third-order valence-electron chi connectivity index (χ3n) is 7.39. The molecule has 1 saturated heterocycles. The second-order valence-electron chi connectivity index (χ2n) is 10.4. The number of carbonyl (C=O) groups is 2. The van der Waals surface area contributed by atoms with Crippen LogP contribution in [-0.2, 0) is 14.4 Å². The number of aliphatic carboxylic acids is 1. The van der Waals surface area contributed by atoms with Crippen molar-refractivity contribution in [3.8, 4) is 0 Å². The van der Waals surface area contributed by atoms with E-state index in [2.05, 4.69) is 20.3 Å². The maximum Gasteiger partial charge on any atom is 0.352 e. The molecule has 2 aliphatic heterocycles.